The molecule has 0 radical (unpaired) electrons. The molecule has 4 heteroatoms. The van der Waals surface area contributed by atoms with Gasteiger partial charge in [-0.25, -0.2) is 9.97 Å². The molecule has 0 aliphatic carbocycles. The summed E-state index contributed by atoms with van der Waals surface area (Å²) in [6, 6.07) is 34.4. The molecule has 7 rings (SSSR count). The van der Waals surface area contributed by atoms with Gasteiger partial charge in [-0.1, -0.05) is 92.0 Å². The molecule has 1 aliphatic heterocycles. The zero-order valence-corrected chi connectivity index (χ0v) is 20.2. The Morgan fingerprint density at radius 1 is 0.647 bits per heavy atom. The van der Waals surface area contributed by atoms with Crippen LogP contribution in [0.2, 0.25) is 13.1 Å². The Bertz CT molecular complexity index is 1730. The molecule has 4 aromatic carbocycles. The maximum atomic E-state index is 5.10. The Labute approximate surface area is 199 Å². The van der Waals surface area contributed by atoms with Crippen LogP contribution in [0.3, 0.4) is 0 Å². The van der Waals surface area contributed by atoms with Crippen molar-refractivity contribution in [2.75, 3.05) is 0 Å². The van der Waals surface area contributed by atoms with Gasteiger partial charge >= 0.3 is 0 Å². The Balaban J connectivity index is 1.49. The summed E-state index contributed by atoms with van der Waals surface area (Å²) < 4.78 is 2.15. The second-order valence-electron chi connectivity index (χ2n) is 9.53. The molecule has 2 aromatic heterocycles. The van der Waals surface area contributed by atoms with E-state index in [9.17, 15) is 0 Å². The van der Waals surface area contributed by atoms with Crippen LogP contribution in [0.4, 0.5) is 0 Å². The van der Waals surface area contributed by atoms with Crippen molar-refractivity contribution in [3.63, 3.8) is 0 Å². The van der Waals surface area contributed by atoms with Crippen molar-refractivity contribution in [1.29, 1.82) is 0 Å². The van der Waals surface area contributed by atoms with Gasteiger partial charge in [-0.3, -0.25) is 4.57 Å². The highest BCUT2D eigenvalue weighted by atomic mass is 28.3. The zero-order chi connectivity index (χ0) is 22.9. The lowest BCUT2D eigenvalue weighted by Crippen LogP contribution is -2.49. The van der Waals surface area contributed by atoms with Crippen LogP contribution in [-0.2, 0) is 0 Å². The third-order valence-corrected chi connectivity index (χ3v) is 10.8. The lowest BCUT2D eigenvalue weighted by atomic mass is 10.0. The molecule has 0 amide bonds. The third kappa shape index (κ3) is 2.63. The number of aromatic nitrogens is 3. The smallest absolute Gasteiger partial charge is 0.235 e. The van der Waals surface area contributed by atoms with Gasteiger partial charge in [0.25, 0.3) is 0 Å². The molecule has 0 saturated carbocycles. The topological polar surface area (TPSA) is 30.7 Å². The quantitative estimate of drug-likeness (QED) is 0.299. The first-order valence-electron chi connectivity index (χ1n) is 11.7. The molecule has 0 saturated heterocycles. The fourth-order valence-electron chi connectivity index (χ4n) is 5.67. The van der Waals surface area contributed by atoms with E-state index in [1.54, 1.807) is 0 Å². The number of hydrogen-bond donors (Lipinski definition) is 0. The Morgan fingerprint density at radius 2 is 1.41 bits per heavy atom. The summed E-state index contributed by atoms with van der Waals surface area (Å²) in [7, 11) is -1.79. The predicted octanol–water partition coefficient (Wildman–Crippen LogP) is 6.04. The fraction of sp³-hybridized carbons (Fsp3) is 0.0667. The highest BCUT2D eigenvalue weighted by Crippen LogP contribution is 2.34. The minimum atomic E-state index is -1.79. The predicted molar refractivity (Wildman–Crippen MR) is 144 cm³/mol. The molecule has 0 N–H and O–H groups in total. The van der Waals surface area contributed by atoms with Gasteiger partial charge in [-0.15, -0.1) is 0 Å². The molecule has 3 heterocycles. The van der Waals surface area contributed by atoms with Crippen molar-refractivity contribution in [3.8, 4) is 28.3 Å². The summed E-state index contributed by atoms with van der Waals surface area (Å²) in [5.41, 5.74) is 6.98. The number of nitrogens with zero attached hydrogens (tertiary/aromatic N) is 3. The largest absolute Gasteiger partial charge is 0.285 e. The number of fused-ring (bicyclic) bond motifs is 6. The van der Waals surface area contributed by atoms with Gasteiger partial charge in [0.1, 0.15) is 8.07 Å². The van der Waals surface area contributed by atoms with Crippen LogP contribution in [-0.4, -0.2) is 22.6 Å². The van der Waals surface area contributed by atoms with Crippen molar-refractivity contribution >= 4 is 40.3 Å². The van der Waals surface area contributed by atoms with Crippen LogP contribution in [0.15, 0.2) is 103 Å². The lowest BCUT2D eigenvalue weighted by Gasteiger charge is -2.19. The van der Waals surface area contributed by atoms with Crippen molar-refractivity contribution in [2.45, 2.75) is 13.1 Å². The average molecular weight is 454 g/mol. The van der Waals surface area contributed by atoms with Gasteiger partial charge < -0.3 is 0 Å². The van der Waals surface area contributed by atoms with E-state index in [0.717, 1.165) is 22.2 Å². The molecule has 6 aromatic rings. The second kappa shape index (κ2) is 6.99. The minimum absolute atomic E-state index is 0.711. The molecular formula is C30H23N3Si. The first-order chi connectivity index (χ1) is 16.6. The van der Waals surface area contributed by atoms with Crippen LogP contribution in [0, 0.1) is 0 Å². The highest BCUT2D eigenvalue weighted by molar-refractivity contribution is 7.05. The highest BCUT2D eigenvalue weighted by Gasteiger charge is 2.38. The molecule has 34 heavy (non-hydrogen) atoms. The van der Waals surface area contributed by atoms with Crippen molar-refractivity contribution < 1.29 is 0 Å². The van der Waals surface area contributed by atoms with Gasteiger partial charge in [0.05, 0.1) is 16.7 Å². The molecule has 0 spiro atoms. The molecule has 0 bridgehead atoms. The number of para-hydroxylation sites is 1. The van der Waals surface area contributed by atoms with Gasteiger partial charge in [0, 0.05) is 22.5 Å². The molecule has 0 atom stereocenters. The monoisotopic (exact) mass is 453 g/mol. The molecule has 1 aliphatic rings. The summed E-state index contributed by atoms with van der Waals surface area (Å²) in [5, 5.41) is 5.44. The van der Waals surface area contributed by atoms with E-state index in [-0.39, 0.29) is 0 Å². The zero-order valence-electron chi connectivity index (χ0n) is 19.2. The van der Waals surface area contributed by atoms with E-state index in [1.165, 1.54) is 32.4 Å². The SMILES string of the molecule is C[Si]1(C)c2ccccc2-c2ccc3c(ccn3-c3nc(-c4ccccc4)c4ccccc4n3)c21. The number of hydrogen-bond acceptors (Lipinski definition) is 2. The van der Waals surface area contributed by atoms with Gasteiger partial charge in [-0.2, -0.15) is 0 Å². The number of benzene rings is 4. The van der Waals surface area contributed by atoms with Crippen LogP contribution in [0.5, 0.6) is 0 Å². The summed E-state index contributed by atoms with van der Waals surface area (Å²) >= 11 is 0. The molecular weight excluding hydrogens is 430 g/mol. The molecule has 3 nitrogen and oxygen atoms in total. The summed E-state index contributed by atoms with van der Waals surface area (Å²) in [6.07, 6.45) is 2.14. The maximum absolute atomic E-state index is 5.10. The molecule has 0 fully saturated rings. The minimum Gasteiger partial charge on any atom is -0.285 e. The molecule has 162 valence electrons. The molecule has 0 unspecified atom stereocenters. The van der Waals surface area contributed by atoms with Crippen LogP contribution >= 0.6 is 0 Å². The van der Waals surface area contributed by atoms with E-state index in [0.29, 0.717) is 5.95 Å². The van der Waals surface area contributed by atoms with Gasteiger partial charge in [0.15, 0.2) is 0 Å². The van der Waals surface area contributed by atoms with E-state index in [4.69, 9.17) is 9.97 Å². The van der Waals surface area contributed by atoms with Crippen LogP contribution in [0.1, 0.15) is 0 Å². The van der Waals surface area contributed by atoms with Crippen molar-refractivity contribution in [2.24, 2.45) is 0 Å². The fourth-order valence-corrected chi connectivity index (χ4v) is 9.12. The summed E-state index contributed by atoms with van der Waals surface area (Å²) in [6.45, 7) is 4.93. The van der Waals surface area contributed by atoms with Crippen molar-refractivity contribution in [1.82, 2.24) is 14.5 Å². The third-order valence-electron chi connectivity index (χ3n) is 7.24. The van der Waals surface area contributed by atoms with Crippen LogP contribution in [0.25, 0.3) is 50.1 Å². The number of rotatable bonds is 2. The maximum Gasteiger partial charge on any atom is 0.235 e. The van der Waals surface area contributed by atoms with Crippen molar-refractivity contribution in [3.05, 3.63) is 103 Å². The van der Waals surface area contributed by atoms with E-state index in [2.05, 4.69) is 109 Å². The van der Waals surface area contributed by atoms with Gasteiger partial charge in [0.2, 0.25) is 5.95 Å². The first kappa shape index (κ1) is 19.4. The normalized spacial score (nSPS) is 13.8. The Kier molecular flexibility index (Phi) is 4.00. The standard InChI is InChI=1S/C30H23N3Si/c1-34(2)27-15-9-7-12-21(27)22-16-17-26-24(29(22)34)18-19-33(26)30-31-25-14-8-6-13-23(25)28(32-30)20-10-4-3-5-11-20/h3-19H,1-2H3. The first-order valence-corrected chi connectivity index (χ1v) is 14.7. The second-order valence-corrected chi connectivity index (χ2v) is 13.8. The van der Waals surface area contributed by atoms with E-state index < -0.39 is 8.07 Å². The van der Waals surface area contributed by atoms with E-state index in [1.807, 2.05) is 12.1 Å². The summed E-state index contributed by atoms with van der Waals surface area (Å²) in [5.74, 6) is 0.711. The van der Waals surface area contributed by atoms with Crippen LogP contribution < -0.4 is 10.4 Å². The Morgan fingerprint density at radius 3 is 2.29 bits per heavy atom. The summed E-state index contributed by atoms with van der Waals surface area (Å²) in [4.78, 5) is 10.1. The average Bonchev–Trinajstić information content (AvgIpc) is 3.41. The Hall–Kier alpha value is -4.02. The lowest BCUT2D eigenvalue weighted by molar-refractivity contribution is 0.984. The van der Waals surface area contributed by atoms with E-state index >= 15 is 0 Å². The van der Waals surface area contributed by atoms with Gasteiger partial charge in [-0.05, 0) is 39.7 Å².